The average Bonchev–Trinajstić information content (AvgIpc) is 2.70. The van der Waals surface area contributed by atoms with Crippen molar-refractivity contribution in [3.05, 3.63) is 11.1 Å². The van der Waals surface area contributed by atoms with Gasteiger partial charge in [0.25, 0.3) is 11.8 Å². The Kier molecular flexibility index (Phi) is 6.50. The Morgan fingerprint density at radius 2 is 1.52 bits per heavy atom. The van der Waals surface area contributed by atoms with Gasteiger partial charge in [0.1, 0.15) is 0 Å². The minimum Gasteiger partial charge on any atom is -0.351 e. The van der Waals surface area contributed by atoms with E-state index in [1.54, 1.807) is 27.9 Å². The van der Waals surface area contributed by atoms with Crippen molar-refractivity contribution >= 4 is 11.8 Å². The summed E-state index contributed by atoms with van der Waals surface area (Å²) in [6, 6.07) is 0. The van der Waals surface area contributed by atoms with Crippen LogP contribution in [0.5, 0.6) is 0 Å². The monoisotopic (exact) mass is 327 g/mol. The molecule has 2 amide bonds. The third-order valence-corrected chi connectivity index (χ3v) is 4.43. The quantitative estimate of drug-likeness (QED) is 0.282. The van der Waals surface area contributed by atoms with Crippen molar-refractivity contribution in [1.29, 1.82) is 0 Å². The molecule has 23 heavy (non-hydrogen) atoms. The van der Waals surface area contributed by atoms with Gasteiger partial charge in [-0.15, -0.1) is 0 Å². The Morgan fingerprint density at radius 3 is 1.96 bits per heavy atom. The maximum Gasteiger partial charge on any atom is 0.256 e. The van der Waals surface area contributed by atoms with Crippen molar-refractivity contribution in [2.24, 2.45) is 0 Å². The summed E-state index contributed by atoms with van der Waals surface area (Å²) in [6.07, 6.45) is 1.87. The zero-order chi connectivity index (χ0) is 17.8. The number of methoxy groups -OCH3 is 1. The molecule has 1 atom stereocenters. The number of hydrogen-bond donors (Lipinski definition) is 0. The number of carbonyl (C=O) groups excluding carboxylic acids is 2. The lowest BCUT2D eigenvalue weighted by atomic mass is 10.1. The molecule has 0 bridgehead atoms. The van der Waals surface area contributed by atoms with E-state index in [0.717, 1.165) is 6.42 Å². The third-order valence-electron chi connectivity index (χ3n) is 4.43. The molecule has 0 radical (unpaired) electrons. The first-order valence-corrected chi connectivity index (χ1v) is 8.02. The van der Waals surface area contributed by atoms with E-state index >= 15 is 0 Å². The van der Waals surface area contributed by atoms with Crippen molar-refractivity contribution < 1.29 is 24.1 Å². The topological polar surface area (TPSA) is 65.1 Å². The first kappa shape index (κ1) is 19.8. The van der Waals surface area contributed by atoms with Gasteiger partial charge >= 0.3 is 0 Å². The number of hydrogen-bond acceptors (Lipinski definition) is 5. The van der Waals surface area contributed by atoms with E-state index in [4.69, 9.17) is 14.5 Å². The number of amides is 2. The van der Waals surface area contributed by atoms with Gasteiger partial charge in [0, 0.05) is 31.2 Å². The third kappa shape index (κ3) is 4.86. The lowest BCUT2D eigenvalue weighted by Gasteiger charge is -2.32. The van der Waals surface area contributed by atoms with Crippen molar-refractivity contribution in [3.63, 3.8) is 0 Å². The second-order valence-corrected chi connectivity index (χ2v) is 6.73. The second kappa shape index (κ2) is 7.55. The van der Waals surface area contributed by atoms with Crippen molar-refractivity contribution in [2.75, 3.05) is 13.7 Å². The van der Waals surface area contributed by atoms with Gasteiger partial charge in [-0.2, -0.15) is 0 Å². The smallest absolute Gasteiger partial charge is 0.256 e. The van der Waals surface area contributed by atoms with Crippen LogP contribution in [-0.4, -0.2) is 41.8 Å². The summed E-state index contributed by atoms with van der Waals surface area (Å²) in [7, 11) is 1.55. The van der Waals surface area contributed by atoms with Gasteiger partial charge in [-0.3, -0.25) is 14.5 Å². The summed E-state index contributed by atoms with van der Waals surface area (Å²) >= 11 is 0. The average molecular weight is 327 g/mol. The highest BCUT2D eigenvalue weighted by atomic mass is 17.2. The predicted octanol–water partition coefficient (Wildman–Crippen LogP) is 2.97. The maximum absolute atomic E-state index is 12.0. The number of ether oxygens (including phenoxy) is 1. The van der Waals surface area contributed by atoms with Crippen LogP contribution in [0.15, 0.2) is 11.1 Å². The minimum absolute atomic E-state index is 0.212. The summed E-state index contributed by atoms with van der Waals surface area (Å²) in [6.45, 7) is 11.4. The molecule has 1 rings (SSSR count). The SMILES string of the molecule is CCC(C)(C)OOC(C)(CCCN1C(=O)C(C)=C(C)C1=O)OC. The van der Waals surface area contributed by atoms with E-state index in [1.807, 2.05) is 20.8 Å². The molecular weight excluding hydrogens is 298 g/mol. The van der Waals surface area contributed by atoms with Gasteiger partial charge in [-0.05, 0) is 47.5 Å². The fourth-order valence-electron chi connectivity index (χ4n) is 2.02. The summed E-state index contributed by atoms with van der Waals surface area (Å²) in [5.74, 6) is -1.35. The van der Waals surface area contributed by atoms with E-state index in [1.165, 1.54) is 4.90 Å². The number of carbonyl (C=O) groups is 2. The van der Waals surface area contributed by atoms with Crippen LogP contribution in [0.3, 0.4) is 0 Å². The van der Waals surface area contributed by atoms with Crippen LogP contribution in [0, 0.1) is 0 Å². The van der Waals surface area contributed by atoms with Gasteiger partial charge in [0.05, 0.1) is 5.60 Å². The number of rotatable bonds is 9. The van der Waals surface area contributed by atoms with Gasteiger partial charge in [-0.1, -0.05) is 6.92 Å². The number of imide groups is 1. The molecule has 0 saturated carbocycles. The van der Waals surface area contributed by atoms with Crippen LogP contribution in [0.25, 0.3) is 0 Å². The van der Waals surface area contributed by atoms with Crippen LogP contribution in [0.4, 0.5) is 0 Å². The molecule has 0 fully saturated rings. The highest BCUT2D eigenvalue weighted by Gasteiger charge is 2.34. The molecule has 132 valence electrons. The summed E-state index contributed by atoms with van der Waals surface area (Å²) in [5, 5.41) is 0. The van der Waals surface area contributed by atoms with Gasteiger partial charge < -0.3 is 4.74 Å². The molecule has 0 N–H and O–H groups in total. The highest BCUT2D eigenvalue weighted by Crippen LogP contribution is 2.25. The summed E-state index contributed by atoms with van der Waals surface area (Å²) < 4.78 is 5.39. The van der Waals surface area contributed by atoms with Gasteiger partial charge in [0.2, 0.25) is 0 Å². The Labute approximate surface area is 138 Å². The lowest BCUT2D eigenvalue weighted by Crippen LogP contribution is -2.38. The van der Waals surface area contributed by atoms with E-state index in [2.05, 4.69) is 0 Å². The Bertz CT molecular complexity index is 473. The van der Waals surface area contributed by atoms with Gasteiger partial charge in [0.15, 0.2) is 5.79 Å². The van der Waals surface area contributed by atoms with Crippen LogP contribution in [0.1, 0.15) is 60.8 Å². The van der Waals surface area contributed by atoms with Crippen LogP contribution in [-0.2, 0) is 24.1 Å². The molecule has 1 unspecified atom stereocenters. The van der Waals surface area contributed by atoms with Crippen LogP contribution < -0.4 is 0 Å². The normalized spacial score (nSPS) is 18.8. The van der Waals surface area contributed by atoms with Crippen LogP contribution >= 0.6 is 0 Å². The predicted molar refractivity (Wildman–Crippen MR) is 86.3 cm³/mol. The molecule has 0 aliphatic carbocycles. The maximum atomic E-state index is 12.0. The Hall–Kier alpha value is -1.24. The molecule has 0 aromatic rings. The molecule has 0 aromatic carbocycles. The largest absolute Gasteiger partial charge is 0.351 e. The molecule has 0 saturated heterocycles. The van der Waals surface area contributed by atoms with Gasteiger partial charge in [-0.25, -0.2) is 9.78 Å². The molecule has 1 aliphatic heterocycles. The van der Waals surface area contributed by atoms with Crippen molar-refractivity contribution in [1.82, 2.24) is 4.90 Å². The molecule has 0 spiro atoms. The van der Waals surface area contributed by atoms with E-state index in [9.17, 15) is 9.59 Å². The zero-order valence-corrected chi connectivity index (χ0v) is 15.3. The molecule has 6 nitrogen and oxygen atoms in total. The van der Waals surface area contributed by atoms with Crippen molar-refractivity contribution in [2.45, 2.75) is 72.2 Å². The summed E-state index contributed by atoms with van der Waals surface area (Å²) in [4.78, 5) is 36.2. The zero-order valence-electron chi connectivity index (χ0n) is 15.3. The highest BCUT2D eigenvalue weighted by molar-refractivity contribution is 6.18. The molecule has 6 heteroatoms. The summed E-state index contributed by atoms with van der Waals surface area (Å²) in [5.41, 5.74) is 0.640. The molecule has 0 aromatic heterocycles. The lowest BCUT2D eigenvalue weighted by molar-refractivity contribution is -0.455. The molecule has 1 heterocycles. The van der Waals surface area contributed by atoms with E-state index < -0.39 is 11.4 Å². The first-order chi connectivity index (χ1) is 10.6. The van der Waals surface area contributed by atoms with E-state index in [0.29, 0.717) is 30.5 Å². The Balaban J connectivity index is 2.53. The fraction of sp³-hybridized carbons (Fsp3) is 0.765. The first-order valence-electron chi connectivity index (χ1n) is 8.02. The molecule has 1 aliphatic rings. The second-order valence-electron chi connectivity index (χ2n) is 6.73. The number of nitrogens with zero attached hydrogens (tertiary/aromatic N) is 1. The Morgan fingerprint density at radius 1 is 1.00 bits per heavy atom. The minimum atomic E-state index is -0.921. The van der Waals surface area contributed by atoms with Crippen molar-refractivity contribution in [3.8, 4) is 0 Å². The molecular formula is C17H29NO5. The fourth-order valence-corrected chi connectivity index (χ4v) is 2.02. The standard InChI is InChI=1S/C17H29NO5/c1-8-16(4,5)22-23-17(6,21-7)10-9-11-18-14(19)12(2)13(3)15(18)20/h8-11H2,1-7H3. The van der Waals surface area contributed by atoms with Crippen LogP contribution in [0.2, 0.25) is 0 Å². The van der Waals surface area contributed by atoms with E-state index in [-0.39, 0.29) is 11.8 Å².